The number of para-hydroxylation sites is 1. The minimum absolute atomic E-state index is 0. The normalized spacial score (nSPS) is 11.5. The van der Waals surface area contributed by atoms with Gasteiger partial charge in [-0.25, -0.2) is 9.67 Å². The van der Waals surface area contributed by atoms with Gasteiger partial charge in [-0.05, 0) is 51.8 Å². The van der Waals surface area contributed by atoms with Crippen molar-refractivity contribution in [3.63, 3.8) is 0 Å². The lowest BCUT2D eigenvalue weighted by atomic mass is 10.2. The van der Waals surface area contributed by atoms with Crippen LogP contribution in [0.1, 0.15) is 37.2 Å². The molecule has 1 heterocycles. The highest BCUT2D eigenvalue weighted by molar-refractivity contribution is 14.0. The Labute approximate surface area is 174 Å². The van der Waals surface area contributed by atoms with Crippen LogP contribution in [-0.2, 0) is 6.54 Å². The first kappa shape index (κ1) is 22.2. The minimum Gasteiger partial charge on any atom is -0.357 e. The van der Waals surface area contributed by atoms with Crippen LogP contribution >= 0.6 is 24.0 Å². The topological polar surface area (TPSA) is 54.2 Å². The molecule has 26 heavy (non-hydrogen) atoms. The maximum absolute atomic E-state index is 4.73. The number of nitrogens with one attached hydrogen (secondary N) is 2. The lowest BCUT2D eigenvalue weighted by Crippen LogP contribution is -2.37. The summed E-state index contributed by atoms with van der Waals surface area (Å²) >= 11 is 0. The van der Waals surface area contributed by atoms with Crippen LogP contribution in [0.25, 0.3) is 5.69 Å². The maximum Gasteiger partial charge on any atom is 0.191 e. The summed E-state index contributed by atoms with van der Waals surface area (Å²) in [5.41, 5.74) is 4.39. The summed E-state index contributed by atoms with van der Waals surface area (Å²) in [6.07, 6.45) is 5.20. The molecule has 0 fully saturated rings. The number of hydrogen-bond acceptors (Lipinski definition) is 2. The van der Waals surface area contributed by atoms with Crippen LogP contribution in [0.5, 0.6) is 0 Å². The second-order valence-electron chi connectivity index (χ2n) is 5.95. The molecule has 0 spiro atoms. The Morgan fingerprint density at radius 3 is 2.65 bits per heavy atom. The second-order valence-corrected chi connectivity index (χ2v) is 5.95. The predicted octanol–water partition coefficient (Wildman–Crippen LogP) is 4.13. The zero-order valence-corrected chi connectivity index (χ0v) is 18.5. The molecular weight excluding hydrogens is 437 g/mol. The molecule has 0 aliphatic heterocycles. The van der Waals surface area contributed by atoms with Gasteiger partial charge in [-0.2, -0.15) is 5.10 Å². The zero-order chi connectivity index (χ0) is 18.1. The van der Waals surface area contributed by atoms with Crippen molar-refractivity contribution in [1.82, 2.24) is 20.4 Å². The molecule has 2 aromatic rings. The number of halogens is 1. The number of aromatic nitrogens is 2. The van der Waals surface area contributed by atoms with E-state index in [1.807, 2.05) is 30.7 Å². The molecule has 0 aliphatic carbocycles. The summed E-state index contributed by atoms with van der Waals surface area (Å²) in [6.45, 7) is 10.5. The molecule has 0 bridgehead atoms. The van der Waals surface area contributed by atoms with Crippen molar-refractivity contribution in [2.24, 2.45) is 4.99 Å². The molecule has 1 aromatic carbocycles. The molecule has 2 rings (SSSR count). The average Bonchev–Trinajstić information content (AvgIpc) is 2.95. The highest BCUT2D eigenvalue weighted by Crippen LogP contribution is 2.17. The number of guanidine groups is 1. The van der Waals surface area contributed by atoms with Crippen molar-refractivity contribution in [2.75, 3.05) is 13.1 Å². The fourth-order valence-corrected chi connectivity index (χ4v) is 2.67. The lowest BCUT2D eigenvalue weighted by Gasteiger charge is -2.12. The first-order valence-electron chi connectivity index (χ1n) is 8.90. The minimum atomic E-state index is 0. The number of nitrogens with zero attached hydrogens (tertiary/aromatic N) is 3. The van der Waals surface area contributed by atoms with Gasteiger partial charge in [0, 0.05) is 18.8 Å². The van der Waals surface area contributed by atoms with Crippen molar-refractivity contribution in [3.8, 4) is 5.69 Å². The molecular formula is C20H30IN5. The second kappa shape index (κ2) is 11.7. The highest BCUT2D eigenvalue weighted by atomic mass is 127. The lowest BCUT2D eigenvalue weighted by molar-refractivity contribution is 0.798. The summed E-state index contributed by atoms with van der Waals surface area (Å²) in [5.74, 6) is 0.843. The Bertz CT molecular complexity index is 734. The first-order chi connectivity index (χ1) is 12.2. The van der Waals surface area contributed by atoms with Crippen molar-refractivity contribution in [1.29, 1.82) is 0 Å². The van der Waals surface area contributed by atoms with Crippen molar-refractivity contribution in [2.45, 2.75) is 40.7 Å². The van der Waals surface area contributed by atoms with Crippen LogP contribution < -0.4 is 10.6 Å². The third-order valence-electron chi connectivity index (χ3n) is 3.82. The Hall–Kier alpha value is -1.83. The van der Waals surface area contributed by atoms with Crippen LogP contribution in [0.15, 0.2) is 47.5 Å². The summed E-state index contributed by atoms with van der Waals surface area (Å²) < 4.78 is 1.99. The molecule has 0 unspecified atom stereocenters. The van der Waals surface area contributed by atoms with Gasteiger partial charge in [0.1, 0.15) is 0 Å². The van der Waals surface area contributed by atoms with Gasteiger partial charge in [0.05, 0.1) is 17.9 Å². The molecule has 0 amide bonds. The van der Waals surface area contributed by atoms with E-state index in [4.69, 9.17) is 4.99 Å². The van der Waals surface area contributed by atoms with E-state index in [1.54, 1.807) is 0 Å². The van der Waals surface area contributed by atoms with Gasteiger partial charge in [0.15, 0.2) is 5.96 Å². The van der Waals surface area contributed by atoms with E-state index in [9.17, 15) is 0 Å². The molecule has 0 saturated heterocycles. The Kier molecular flexibility index (Phi) is 10.0. The van der Waals surface area contributed by atoms with Crippen LogP contribution in [0, 0.1) is 13.8 Å². The number of allylic oxidation sites excluding steroid dienone is 1. The van der Waals surface area contributed by atoms with E-state index in [1.165, 1.54) is 0 Å². The molecule has 0 aliphatic rings. The quantitative estimate of drug-likeness (QED) is 0.212. The number of aliphatic imine (C=N–C) groups is 1. The molecule has 0 saturated carbocycles. The molecule has 0 atom stereocenters. The third-order valence-corrected chi connectivity index (χ3v) is 3.82. The van der Waals surface area contributed by atoms with Crippen LogP contribution in [0.4, 0.5) is 0 Å². The first-order valence-corrected chi connectivity index (χ1v) is 8.90. The summed E-state index contributed by atoms with van der Waals surface area (Å²) in [7, 11) is 0. The van der Waals surface area contributed by atoms with E-state index in [-0.39, 0.29) is 24.0 Å². The molecule has 142 valence electrons. The predicted molar refractivity (Wildman–Crippen MR) is 121 cm³/mol. The van der Waals surface area contributed by atoms with E-state index in [2.05, 4.69) is 59.9 Å². The Morgan fingerprint density at radius 1 is 1.23 bits per heavy atom. The van der Waals surface area contributed by atoms with E-state index in [0.29, 0.717) is 6.54 Å². The van der Waals surface area contributed by atoms with Gasteiger partial charge in [0.2, 0.25) is 0 Å². The van der Waals surface area contributed by atoms with Gasteiger partial charge in [-0.15, -0.1) is 24.0 Å². The Balaban J connectivity index is 0.00000338. The van der Waals surface area contributed by atoms with Crippen molar-refractivity contribution in [3.05, 3.63) is 59.4 Å². The van der Waals surface area contributed by atoms with Gasteiger partial charge >= 0.3 is 0 Å². The maximum atomic E-state index is 4.73. The molecule has 0 radical (unpaired) electrons. The highest BCUT2D eigenvalue weighted by Gasteiger charge is 2.08. The SMILES string of the molecule is C/C=C/CCNC(=NCc1ccccc1-n1nc(C)cc1C)NCC.I. The zero-order valence-electron chi connectivity index (χ0n) is 16.1. The van der Waals surface area contributed by atoms with Gasteiger partial charge < -0.3 is 10.6 Å². The molecule has 5 nitrogen and oxygen atoms in total. The van der Waals surface area contributed by atoms with E-state index >= 15 is 0 Å². The fraction of sp³-hybridized carbons (Fsp3) is 0.400. The largest absolute Gasteiger partial charge is 0.357 e. The summed E-state index contributed by atoms with van der Waals surface area (Å²) in [6, 6.07) is 10.4. The standard InChI is InChI=1S/C20H29N5.HI/c1-5-7-10-13-22-20(21-6-2)23-15-18-11-8-9-12-19(18)25-17(4)14-16(3)24-25;/h5,7-9,11-12,14H,6,10,13,15H2,1-4H3,(H2,21,22,23);1H/b7-5+;. The fourth-order valence-electron chi connectivity index (χ4n) is 2.67. The third kappa shape index (κ3) is 6.48. The number of aryl methyl sites for hydroxylation is 2. The number of hydrogen-bond donors (Lipinski definition) is 2. The van der Waals surface area contributed by atoms with Crippen molar-refractivity contribution < 1.29 is 0 Å². The monoisotopic (exact) mass is 467 g/mol. The van der Waals surface area contributed by atoms with Gasteiger partial charge in [-0.3, -0.25) is 0 Å². The summed E-state index contributed by atoms with van der Waals surface area (Å²) in [5, 5.41) is 11.3. The number of benzene rings is 1. The van der Waals surface area contributed by atoms with Crippen LogP contribution in [-0.4, -0.2) is 28.8 Å². The molecule has 1 aromatic heterocycles. The van der Waals surface area contributed by atoms with Crippen LogP contribution in [0.3, 0.4) is 0 Å². The number of rotatable bonds is 7. The smallest absolute Gasteiger partial charge is 0.191 e. The molecule has 6 heteroatoms. The van der Waals surface area contributed by atoms with E-state index < -0.39 is 0 Å². The average molecular weight is 467 g/mol. The summed E-state index contributed by atoms with van der Waals surface area (Å²) in [4.78, 5) is 4.73. The molecule has 2 N–H and O–H groups in total. The Morgan fingerprint density at radius 2 is 2.00 bits per heavy atom. The van der Waals surface area contributed by atoms with Gasteiger partial charge in [-0.1, -0.05) is 30.4 Å². The van der Waals surface area contributed by atoms with E-state index in [0.717, 1.165) is 48.1 Å². The van der Waals surface area contributed by atoms with Crippen molar-refractivity contribution >= 4 is 29.9 Å². The van der Waals surface area contributed by atoms with Crippen LogP contribution in [0.2, 0.25) is 0 Å². The van der Waals surface area contributed by atoms with Gasteiger partial charge in [0.25, 0.3) is 0 Å².